The highest BCUT2D eigenvalue weighted by atomic mass is 35.5. The van der Waals surface area contributed by atoms with Gasteiger partial charge in [-0.15, -0.1) is 0 Å². The lowest BCUT2D eigenvalue weighted by atomic mass is 10.0. The molecule has 1 amide bonds. The Hall–Kier alpha value is -3.14. The molecule has 2 aromatic heterocycles. The van der Waals surface area contributed by atoms with Gasteiger partial charge in [-0.3, -0.25) is 9.52 Å². The molecule has 0 aliphatic heterocycles. The first kappa shape index (κ1) is 23.0. The number of aryl methyl sites for hydroxylation is 1. The normalized spacial score (nSPS) is 11.4. The maximum atomic E-state index is 13.2. The van der Waals surface area contributed by atoms with Crippen molar-refractivity contribution in [2.24, 2.45) is 0 Å². The van der Waals surface area contributed by atoms with E-state index in [1.54, 1.807) is 38.3 Å². The second-order valence-electron chi connectivity index (χ2n) is 7.27. The fraction of sp³-hybridized carbons (Fsp3) is 0.130. The number of sulfonamides is 1. The second kappa shape index (κ2) is 9.01. The summed E-state index contributed by atoms with van der Waals surface area (Å²) in [7, 11) is -2.37. The molecule has 33 heavy (non-hydrogen) atoms. The molecule has 0 aliphatic carbocycles. The van der Waals surface area contributed by atoms with E-state index in [0.717, 1.165) is 5.56 Å². The number of halogens is 1. The van der Waals surface area contributed by atoms with Crippen LogP contribution in [-0.4, -0.2) is 26.4 Å². The SMILES string of the molecule is COc1cccc(-c2c(NC(C)=O)sc3nc(C)cc(NS(=O)(=O)c4cccc(Cl)c4)c23)c1. The minimum Gasteiger partial charge on any atom is -0.497 e. The highest BCUT2D eigenvalue weighted by Gasteiger charge is 2.23. The van der Waals surface area contributed by atoms with Crippen molar-refractivity contribution >= 4 is 59.8 Å². The summed E-state index contributed by atoms with van der Waals surface area (Å²) in [4.78, 5) is 17.1. The number of benzene rings is 2. The van der Waals surface area contributed by atoms with Crippen LogP contribution in [0.5, 0.6) is 5.75 Å². The molecule has 2 aromatic carbocycles. The first-order valence-corrected chi connectivity index (χ1v) is 12.5. The summed E-state index contributed by atoms with van der Waals surface area (Å²) in [6, 6.07) is 15.0. The van der Waals surface area contributed by atoms with Gasteiger partial charge in [-0.2, -0.15) is 0 Å². The number of fused-ring (bicyclic) bond motifs is 1. The molecule has 170 valence electrons. The molecule has 0 fully saturated rings. The molecule has 10 heteroatoms. The van der Waals surface area contributed by atoms with Crippen molar-refractivity contribution < 1.29 is 17.9 Å². The third kappa shape index (κ3) is 4.80. The maximum Gasteiger partial charge on any atom is 0.261 e. The van der Waals surface area contributed by atoms with Crippen molar-refractivity contribution in [3.63, 3.8) is 0 Å². The van der Waals surface area contributed by atoms with E-state index in [1.165, 1.54) is 30.4 Å². The maximum absolute atomic E-state index is 13.2. The standard InChI is InChI=1S/C23H20ClN3O4S2/c1-13-10-19(27-33(29,30)18-9-5-7-16(24)12-18)21-20(15-6-4-8-17(11-15)31-3)22(26-14(2)28)32-23(21)25-13/h4-12H,1-3H3,(H,25,27)(H,26,28). The van der Waals surface area contributed by atoms with Crippen LogP contribution >= 0.6 is 22.9 Å². The zero-order valence-corrected chi connectivity index (χ0v) is 20.4. The quantitative estimate of drug-likeness (QED) is 0.353. The van der Waals surface area contributed by atoms with E-state index in [0.29, 0.717) is 42.9 Å². The zero-order valence-electron chi connectivity index (χ0n) is 18.0. The zero-order chi connectivity index (χ0) is 23.8. The number of rotatable bonds is 6. The van der Waals surface area contributed by atoms with Crippen molar-refractivity contribution in [1.82, 2.24) is 4.98 Å². The Labute approximate surface area is 200 Å². The highest BCUT2D eigenvalue weighted by Crippen LogP contribution is 2.46. The molecule has 0 atom stereocenters. The van der Waals surface area contributed by atoms with E-state index < -0.39 is 10.0 Å². The minimum absolute atomic E-state index is 0.0397. The molecule has 0 aliphatic rings. The summed E-state index contributed by atoms with van der Waals surface area (Å²) >= 11 is 7.28. The third-order valence-electron chi connectivity index (χ3n) is 4.79. The van der Waals surface area contributed by atoms with Crippen molar-refractivity contribution in [3.8, 4) is 16.9 Å². The number of carbonyl (C=O) groups excluding carboxylic acids is 1. The van der Waals surface area contributed by atoms with Crippen LogP contribution < -0.4 is 14.8 Å². The Bertz CT molecular complexity index is 1480. The van der Waals surface area contributed by atoms with E-state index in [2.05, 4.69) is 15.0 Å². The van der Waals surface area contributed by atoms with Gasteiger partial charge in [0.2, 0.25) is 5.91 Å². The average molecular weight is 502 g/mol. The summed E-state index contributed by atoms with van der Waals surface area (Å²) in [6.07, 6.45) is 0. The number of carbonyl (C=O) groups is 1. The van der Waals surface area contributed by atoms with Crippen molar-refractivity contribution in [1.29, 1.82) is 0 Å². The number of pyridine rings is 1. The molecular weight excluding hydrogens is 482 g/mol. The number of hydrogen-bond acceptors (Lipinski definition) is 6. The van der Waals surface area contributed by atoms with Crippen LogP contribution in [0.1, 0.15) is 12.6 Å². The van der Waals surface area contributed by atoms with Crippen LogP contribution in [0, 0.1) is 6.92 Å². The van der Waals surface area contributed by atoms with E-state index in [4.69, 9.17) is 16.3 Å². The van der Waals surface area contributed by atoms with E-state index in [-0.39, 0.29) is 10.8 Å². The predicted octanol–water partition coefficient (Wildman–Crippen LogP) is 5.69. The summed E-state index contributed by atoms with van der Waals surface area (Å²) < 4.78 is 34.4. The van der Waals surface area contributed by atoms with Gasteiger partial charge in [0.05, 0.1) is 17.7 Å². The third-order valence-corrected chi connectivity index (χ3v) is 7.39. The van der Waals surface area contributed by atoms with E-state index in [1.807, 2.05) is 18.2 Å². The number of methoxy groups -OCH3 is 1. The van der Waals surface area contributed by atoms with Crippen LogP contribution in [0.2, 0.25) is 5.02 Å². The monoisotopic (exact) mass is 501 g/mol. The number of amides is 1. The lowest BCUT2D eigenvalue weighted by Gasteiger charge is -2.13. The molecular formula is C23H20ClN3O4S2. The van der Waals surface area contributed by atoms with Gasteiger partial charge in [0.25, 0.3) is 10.0 Å². The molecule has 0 spiro atoms. The Morgan fingerprint density at radius 2 is 1.88 bits per heavy atom. The second-order valence-corrected chi connectivity index (χ2v) is 10.4. The topological polar surface area (TPSA) is 97.4 Å². The first-order valence-electron chi connectivity index (χ1n) is 9.82. The Kier molecular flexibility index (Phi) is 6.29. The first-order chi connectivity index (χ1) is 15.7. The van der Waals surface area contributed by atoms with Crippen molar-refractivity contribution in [2.45, 2.75) is 18.7 Å². The Morgan fingerprint density at radius 3 is 2.58 bits per heavy atom. The van der Waals surface area contributed by atoms with Crippen molar-refractivity contribution in [2.75, 3.05) is 17.1 Å². The van der Waals surface area contributed by atoms with Gasteiger partial charge in [-0.1, -0.05) is 41.1 Å². The van der Waals surface area contributed by atoms with Crippen LogP contribution in [0.4, 0.5) is 10.7 Å². The van der Waals surface area contributed by atoms with E-state index >= 15 is 0 Å². The predicted molar refractivity (Wildman–Crippen MR) is 133 cm³/mol. The van der Waals surface area contributed by atoms with Gasteiger partial charge in [0.15, 0.2) is 0 Å². The number of ether oxygens (including phenoxy) is 1. The summed E-state index contributed by atoms with van der Waals surface area (Å²) in [5.41, 5.74) is 2.38. The van der Waals surface area contributed by atoms with Gasteiger partial charge in [0, 0.05) is 28.6 Å². The van der Waals surface area contributed by atoms with Crippen LogP contribution in [0.3, 0.4) is 0 Å². The number of aromatic nitrogens is 1. The molecule has 0 unspecified atom stereocenters. The molecule has 0 radical (unpaired) electrons. The van der Waals surface area contributed by atoms with Gasteiger partial charge < -0.3 is 10.1 Å². The number of thiophene rings is 1. The lowest BCUT2D eigenvalue weighted by molar-refractivity contribution is -0.114. The fourth-order valence-corrected chi connectivity index (χ4v) is 6.02. The molecule has 4 aromatic rings. The Balaban J connectivity index is 1.97. The molecule has 0 saturated carbocycles. The number of anilines is 2. The average Bonchev–Trinajstić information content (AvgIpc) is 3.10. The summed E-state index contributed by atoms with van der Waals surface area (Å²) in [5, 5.41) is 4.31. The van der Waals surface area contributed by atoms with Gasteiger partial charge in [-0.25, -0.2) is 13.4 Å². The Morgan fingerprint density at radius 1 is 1.12 bits per heavy atom. The van der Waals surface area contributed by atoms with Crippen LogP contribution in [0.25, 0.3) is 21.3 Å². The summed E-state index contributed by atoms with van der Waals surface area (Å²) in [5.74, 6) is 0.380. The molecule has 4 rings (SSSR count). The van der Waals surface area contributed by atoms with Gasteiger partial charge in [-0.05, 0) is 48.9 Å². The minimum atomic E-state index is -3.94. The number of nitrogens with one attached hydrogen (secondary N) is 2. The molecule has 0 saturated heterocycles. The van der Waals surface area contributed by atoms with Crippen LogP contribution in [-0.2, 0) is 14.8 Å². The van der Waals surface area contributed by atoms with Gasteiger partial charge >= 0.3 is 0 Å². The number of hydrogen-bond donors (Lipinski definition) is 2. The lowest BCUT2D eigenvalue weighted by Crippen LogP contribution is -2.13. The van der Waals surface area contributed by atoms with Gasteiger partial charge in [0.1, 0.15) is 15.6 Å². The smallest absolute Gasteiger partial charge is 0.261 e. The van der Waals surface area contributed by atoms with Crippen LogP contribution in [0.15, 0.2) is 59.5 Å². The fourth-order valence-electron chi connectivity index (χ4n) is 3.44. The largest absolute Gasteiger partial charge is 0.497 e. The molecule has 2 N–H and O–H groups in total. The molecule has 7 nitrogen and oxygen atoms in total. The van der Waals surface area contributed by atoms with E-state index in [9.17, 15) is 13.2 Å². The molecule has 2 heterocycles. The highest BCUT2D eigenvalue weighted by molar-refractivity contribution is 7.92. The molecule has 0 bridgehead atoms. The number of nitrogens with zero attached hydrogens (tertiary/aromatic N) is 1. The van der Waals surface area contributed by atoms with Crippen molar-refractivity contribution in [3.05, 3.63) is 65.3 Å². The summed E-state index contributed by atoms with van der Waals surface area (Å²) in [6.45, 7) is 3.20.